The Labute approximate surface area is 70.3 Å². The molecule has 0 aliphatic heterocycles. The Kier molecular flexibility index (Phi) is 2.77. The van der Waals surface area contributed by atoms with Gasteiger partial charge in [-0.1, -0.05) is 6.92 Å². The molecule has 0 saturated heterocycles. The first-order chi connectivity index (χ1) is 5.76. The second-order valence-corrected chi connectivity index (χ2v) is 2.46. The molecule has 0 saturated carbocycles. The molecule has 1 aromatic heterocycles. The number of hydrogen-bond donors (Lipinski definition) is 1. The van der Waals surface area contributed by atoms with E-state index in [1.165, 1.54) is 11.0 Å². The van der Waals surface area contributed by atoms with E-state index in [0.29, 0.717) is 13.0 Å². The van der Waals surface area contributed by atoms with E-state index in [1.54, 1.807) is 0 Å². The quantitative estimate of drug-likeness (QED) is 0.681. The zero-order chi connectivity index (χ0) is 8.97. The third-order valence-electron chi connectivity index (χ3n) is 1.51. The Morgan fingerprint density at radius 2 is 2.58 bits per heavy atom. The lowest BCUT2D eigenvalue weighted by Gasteiger charge is -2.05. The molecule has 1 atom stereocenters. The fourth-order valence-electron chi connectivity index (χ4n) is 0.779. The third-order valence-corrected chi connectivity index (χ3v) is 1.51. The molecule has 0 aromatic carbocycles. The second-order valence-electron chi connectivity index (χ2n) is 2.46. The van der Waals surface area contributed by atoms with E-state index in [-0.39, 0.29) is 5.82 Å². The minimum Gasteiger partial charge on any atom is -0.391 e. The lowest BCUT2D eigenvalue weighted by molar-refractivity contribution is 0.145. The predicted octanol–water partition coefficient (Wildman–Crippen LogP) is -0.0793. The Morgan fingerprint density at radius 1 is 1.83 bits per heavy atom. The SMILES string of the molecule is CC[C@H](O)Cn1cnc(C#N)n1. The van der Waals surface area contributed by atoms with Gasteiger partial charge in [0.1, 0.15) is 12.4 Å². The highest BCUT2D eigenvalue weighted by molar-refractivity contribution is 5.05. The van der Waals surface area contributed by atoms with Crippen LogP contribution in [0.4, 0.5) is 0 Å². The van der Waals surface area contributed by atoms with Gasteiger partial charge < -0.3 is 5.11 Å². The van der Waals surface area contributed by atoms with E-state index in [1.807, 2.05) is 13.0 Å². The van der Waals surface area contributed by atoms with E-state index in [0.717, 1.165) is 0 Å². The molecule has 12 heavy (non-hydrogen) atoms. The average Bonchev–Trinajstić information content (AvgIpc) is 2.52. The molecule has 0 radical (unpaired) electrons. The maximum absolute atomic E-state index is 9.22. The molecule has 1 aromatic rings. The molecule has 64 valence electrons. The summed E-state index contributed by atoms with van der Waals surface area (Å²) in [4.78, 5) is 3.70. The lowest BCUT2D eigenvalue weighted by Crippen LogP contribution is -2.15. The fourth-order valence-corrected chi connectivity index (χ4v) is 0.779. The van der Waals surface area contributed by atoms with E-state index < -0.39 is 6.10 Å². The van der Waals surface area contributed by atoms with Gasteiger partial charge in [0.05, 0.1) is 12.6 Å². The summed E-state index contributed by atoms with van der Waals surface area (Å²) < 4.78 is 1.46. The Bertz CT molecular complexity index is 288. The molecule has 0 amide bonds. The van der Waals surface area contributed by atoms with Gasteiger partial charge in [0.15, 0.2) is 0 Å². The van der Waals surface area contributed by atoms with E-state index >= 15 is 0 Å². The van der Waals surface area contributed by atoms with Crippen molar-refractivity contribution < 1.29 is 5.11 Å². The molecule has 1 rings (SSSR count). The molecular weight excluding hydrogens is 156 g/mol. The smallest absolute Gasteiger partial charge is 0.252 e. The highest BCUT2D eigenvalue weighted by atomic mass is 16.3. The van der Waals surface area contributed by atoms with Crippen LogP contribution in [0.5, 0.6) is 0 Å². The van der Waals surface area contributed by atoms with Crippen LogP contribution in [0.2, 0.25) is 0 Å². The normalized spacial score (nSPS) is 12.4. The zero-order valence-corrected chi connectivity index (χ0v) is 6.80. The van der Waals surface area contributed by atoms with Crippen molar-refractivity contribution in [1.82, 2.24) is 14.8 Å². The monoisotopic (exact) mass is 166 g/mol. The van der Waals surface area contributed by atoms with Gasteiger partial charge in [0.25, 0.3) is 5.82 Å². The van der Waals surface area contributed by atoms with Gasteiger partial charge in [-0.05, 0) is 6.42 Å². The topological polar surface area (TPSA) is 74.7 Å². The first kappa shape index (κ1) is 8.68. The summed E-state index contributed by atoms with van der Waals surface area (Å²) in [6.45, 7) is 2.28. The van der Waals surface area contributed by atoms with Gasteiger partial charge in [-0.3, -0.25) is 0 Å². The standard InChI is InChI=1S/C7H10N4O/c1-2-6(12)4-11-5-9-7(3-8)10-11/h5-6,12H,2,4H2,1H3/t6-/m0/s1. The molecule has 0 aliphatic rings. The van der Waals surface area contributed by atoms with Crippen molar-refractivity contribution in [3.8, 4) is 6.07 Å². The number of hydrogen-bond acceptors (Lipinski definition) is 4. The van der Waals surface area contributed by atoms with Crippen LogP contribution in [0.3, 0.4) is 0 Å². The summed E-state index contributed by atoms with van der Waals surface area (Å²) in [7, 11) is 0. The zero-order valence-electron chi connectivity index (χ0n) is 6.80. The summed E-state index contributed by atoms with van der Waals surface area (Å²) in [6, 6.07) is 1.81. The second kappa shape index (κ2) is 3.83. The van der Waals surface area contributed by atoms with Crippen molar-refractivity contribution in [3.05, 3.63) is 12.2 Å². The summed E-state index contributed by atoms with van der Waals surface area (Å²) in [5, 5.41) is 21.4. The molecule has 1 heterocycles. The highest BCUT2D eigenvalue weighted by Crippen LogP contribution is 1.94. The van der Waals surface area contributed by atoms with Crippen LogP contribution in [-0.2, 0) is 6.54 Å². The Hall–Kier alpha value is -1.41. The largest absolute Gasteiger partial charge is 0.391 e. The summed E-state index contributed by atoms with van der Waals surface area (Å²) >= 11 is 0. The summed E-state index contributed by atoms with van der Waals surface area (Å²) in [5.74, 6) is 0.137. The first-order valence-corrected chi connectivity index (χ1v) is 3.74. The van der Waals surface area contributed by atoms with Gasteiger partial charge in [0.2, 0.25) is 0 Å². The number of aliphatic hydroxyl groups excluding tert-OH is 1. The maximum Gasteiger partial charge on any atom is 0.252 e. The molecule has 1 N–H and O–H groups in total. The maximum atomic E-state index is 9.22. The van der Waals surface area contributed by atoms with Crippen molar-refractivity contribution in [2.45, 2.75) is 26.0 Å². The van der Waals surface area contributed by atoms with E-state index in [4.69, 9.17) is 5.26 Å². The summed E-state index contributed by atoms with van der Waals surface area (Å²) in [6.07, 6.45) is 1.69. The lowest BCUT2D eigenvalue weighted by atomic mass is 10.3. The van der Waals surface area contributed by atoms with Gasteiger partial charge in [0, 0.05) is 0 Å². The van der Waals surface area contributed by atoms with Gasteiger partial charge in [-0.25, -0.2) is 9.67 Å². The molecule has 0 unspecified atom stereocenters. The van der Waals surface area contributed by atoms with E-state index in [2.05, 4.69) is 10.1 Å². The molecular formula is C7H10N4O. The minimum absolute atomic E-state index is 0.137. The molecule has 5 heteroatoms. The van der Waals surface area contributed by atoms with Crippen LogP contribution in [0.1, 0.15) is 19.2 Å². The van der Waals surface area contributed by atoms with Crippen molar-refractivity contribution in [2.24, 2.45) is 0 Å². The Morgan fingerprint density at radius 3 is 3.08 bits per heavy atom. The molecule has 0 bridgehead atoms. The van der Waals surface area contributed by atoms with Gasteiger partial charge >= 0.3 is 0 Å². The minimum atomic E-state index is -0.418. The van der Waals surface area contributed by atoms with Crippen molar-refractivity contribution in [2.75, 3.05) is 0 Å². The number of aromatic nitrogens is 3. The third kappa shape index (κ3) is 2.04. The summed E-state index contributed by atoms with van der Waals surface area (Å²) in [5.41, 5.74) is 0. The molecule has 5 nitrogen and oxygen atoms in total. The van der Waals surface area contributed by atoms with Crippen LogP contribution < -0.4 is 0 Å². The van der Waals surface area contributed by atoms with Crippen molar-refractivity contribution in [3.63, 3.8) is 0 Å². The van der Waals surface area contributed by atoms with Crippen molar-refractivity contribution in [1.29, 1.82) is 5.26 Å². The van der Waals surface area contributed by atoms with E-state index in [9.17, 15) is 5.11 Å². The van der Waals surface area contributed by atoms with Crippen molar-refractivity contribution >= 4 is 0 Å². The number of nitriles is 1. The highest BCUT2D eigenvalue weighted by Gasteiger charge is 2.03. The number of aliphatic hydroxyl groups is 1. The molecule has 0 aliphatic carbocycles. The Balaban J connectivity index is 2.59. The molecule has 0 fully saturated rings. The number of rotatable bonds is 3. The van der Waals surface area contributed by atoms with Gasteiger partial charge in [-0.2, -0.15) is 5.26 Å². The predicted molar refractivity (Wildman–Crippen MR) is 41.0 cm³/mol. The van der Waals surface area contributed by atoms with Crippen LogP contribution in [0, 0.1) is 11.3 Å². The van der Waals surface area contributed by atoms with Crippen LogP contribution in [-0.4, -0.2) is 26.0 Å². The fraction of sp³-hybridized carbons (Fsp3) is 0.571. The van der Waals surface area contributed by atoms with Crippen LogP contribution in [0.25, 0.3) is 0 Å². The van der Waals surface area contributed by atoms with Crippen LogP contribution in [0.15, 0.2) is 6.33 Å². The molecule has 0 spiro atoms. The van der Waals surface area contributed by atoms with Crippen LogP contribution >= 0.6 is 0 Å². The van der Waals surface area contributed by atoms with Gasteiger partial charge in [-0.15, -0.1) is 5.10 Å². The first-order valence-electron chi connectivity index (χ1n) is 3.74. The average molecular weight is 166 g/mol. The number of nitrogens with zero attached hydrogens (tertiary/aromatic N) is 4.